The molecule has 0 saturated heterocycles. The Kier molecular flexibility index (Phi) is 5.55. The van der Waals surface area contributed by atoms with Gasteiger partial charge in [0.15, 0.2) is 0 Å². The van der Waals surface area contributed by atoms with Gasteiger partial charge in [-0.25, -0.2) is 4.79 Å². The van der Waals surface area contributed by atoms with E-state index in [1.807, 2.05) is 6.92 Å². The molecule has 0 radical (unpaired) electrons. The van der Waals surface area contributed by atoms with Crippen molar-refractivity contribution in [2.45, 2.75) is 39.4 Å². The number of ether oxygens (including phenoxy) is 2. The van der Waals surface area contributed by atoms with Gasteiger partial charge >= 0.3 is 6.09 Å². The summed E-state index contributed by atoms with van der Waals surface area (Å²) in [5.41, 5.74) is 0.0793. The third-order valence-corrected chi connectivity index (χ3v) is 2.29. The maximum absolute atomic E-state index is 11.5. The molecule has 0 saturated carbocycles. The summed E-state index contributed by atoms with van der Waals surface area (Å²) in [6, 6.07) is 6.79. The summed E-state index contributed by atoms with van der Waals surface area (Å²) in [4.78, 5) is 22.0. The fourth-order valence-corrected chi connectivity index (χ4v) is 1.44. The molecule has 0 bridgehead atoms. The summed E-state index contributed by atoms with van der Waals surface area (Å²) < 4.78 is 10.7. The minimum atomic E-state index is -0.515. The van der Waals surface area contributed by atoms with E-state index in [0.717, 1.165) is 6.29 Å². The Bertz CT molecular complexity index is 448. The second kappa shape index (κ2) is 6.93. The summed E-state index contributed by atoms with van der Waals surface area (Å²) >= 11 is 0. The summed E-state index contributed by atoms with van der Waals surface area (Å²) in [6.45, 7) is 7.60. The number of amides is 1. The molecule has 0 heterocycles. The highest BCUT2D eigenvalue weighted by molar-refractivity contribution is 5.74. The van der Waals surface area contributed by atoms with Gasteiger partial charge in [0.05, 0.1) is 6.54 Å². The molecule has 0 spiro atoms. The van der Waals surface area contributed by atoms with Crippen LogP contribution in [0.2, 0.25) is 0 Å². The number of alkyl carbamates (subject to hydrolysis) is 1. The van der Waals surface area contributed by atoms with Crippen LogP contribution in [-0.2, 0) is 4.74 Å². The van der Waals surface area contributed by atoms with Gasteiger partial charge in [-0.15, -0.1) is 0 Å². The molecular formula is C15H21NO4. The molecule has 0 aromatic heterocycles. The second-order valence-corrected chi connectivity index (χ2v) is 5.50. The lowest BCUT2D eigenvalue weighted by Crippen LogP contribution is -2.37. The van der Waals surface area contributed by atoms with Gasteiger partial charge in [-0.1, -0.05) is 0 Å². The van der Waals surface area contributed by atoms with Crippen molar-refractivity contribution >= 4 is 12.4 Å². The molecule has 0 aliphatic rings. The zero-order valence-electron chi connectivity index (χ0n) is 12.3. The number of aldehydes is 1. The number of hydrogen-bond donors (Lipinski definition) is 1. The van der Waals surface area contributed by atoms with Gasteiger partial charge < -0.3 is 14.8 Å². The third-order valence-electron chi connectivity index (χ3n) is 2.29. The second-order valence-electron chi connectivity index (χ2n) is 5.50. The average Bonchev–Trinajstić information content (AvgIpc) is 2.35. The molecule has 0 aliphatic heterocycles. The molecule has 110 valence electrons. The SMILES string of the molecule is CC(CNC(=O)OC(C)(C)C)Oc1ccc(C=O)cc1. The van der Waals surface area contributed by atoms with Gasteiger partial charge in [0.1, 0.15) is 23.7 Å². The van der Waals surface area contributed by atoms with Gasteiger partial charge in [-0.2, -0.15) is 0 Å². The highest BCUT2D eigenvalue weighted by Gasteiger charge is 2.16. The van der Waals surface area contributed by atoms with E-state index < -0.39 is 11.7 Å². The number of benzene rings is 1. The Morgan fingerprint density at radius 2 is 1.90 bits per heavy atom. The van der Waals surface area contributed by atoms with Crippen LogP contribution in [0.25, 0.3) is 0 Å². The first-order chi connectivity index (χ1) is 9.30. The van der Waals surface area contributed by atoms with E-state index in [2.05, 4.69) is 5.32 Å². The van der Waals surface area contributed by atoms with E-state index in [9.17, 15) is 9.59 Å². The van der Waals surface area contributed by atoms with Crippen LogP contribution in [0.4, 0.5) is 4.79 Å². The Hall–Kier alpha value is -2.04. The molecule has 1 aromatic rings. The van der Waals surface area contributed by atoms with Crippen molar-refractivity contribution in [3.8, 4) is 5.75 Å². The van der Waals surface area contributed by atoms with Crippen LogP contribution in [0.5, 0.6) is 5.75 Å². The number of nitrogens with one attached hydrogen (secondary N) is 1. The van der Waals surface area contributed by atoms with E-state index in [1.165, 1.54) is 0 Å². The van der Waals surface area contributed by atoms with Gasteiger partial charge in [0, 0.05) is 5.56 Å². The van der Waals surface area contributed by atoms with Crippen LogP contribution in [-0.4, -0.2) is 30.6 Å². The van der Waals surface area contributed by atoms with Crippen molar-refractivity contribution < 1.29 is 19.1 Å². The summed E-state index contributed by atoms with van der Waals surface area (Å²) in [6.07, 6.45) is 0.103. The van der Waals surface area contributed by atoms with Crippen molar-refractivity contribution in [1.29, 1.82) is 0 Å². The molecule has 1 N–H and O–H groups in total. The van der Waals surface area contributed by atoms with Crippen LogP contribution >= 0.6 is 0 Å². The summed E-state index contributed by atoms with van der Waals surface area (Å²) in [5, 5.41) is 2.64. The van der Waals surface area contributed by atoms with E-state index in [0.29, 0.717) is 17.9 Å². The van der Waals surface area contributed by atoms with E-state index in [-0.39, 0.29) is 6.10 Å². The average molecular weight is 279 g/mol. The zero-order valence-corrected chi connectivity index (χ0v) is 12.3. The lowest BCUT2D eigenvalue weighted by molar-refractivity contribution is 0.0505. The number of carbonyl (C=O) groups excluding carboxylic acids is 2. The van der Waals surface area contributed by atoms with Crippen LogP contribution in [0.1, 0.15) is 38.1 Å². The Morgan fingerprint density at radius 1 is 1.30 bits per heavy atom. The van der Waals surface area contributed by atoms with Crippen LogP contribution in [0, 0.1) is 0 Å². The highest BCUT2D eigenvalue weighted by atomic mass is 16.6. The van der Waals surface area contributed by atoms with E-state index >= 15 is 0 Å². The smallest absolute Gasteiger partial charge is 0.407 e. The largest absolute Gasteiger partial charge is 0.489 e. The van der Waals surface area contributed by atoms with Crippen molar-refractivity contribution in [2.75, 3.05) is 6.54 Å². The fourth-order valence-electron chi connectivity index (χ4n) is 1.44. The molecule has 5 nitrogen and oxygen atoms in total. The molecule has 1 aromatic carbocycles. The fraction of sp³-hybridized carbons (Fsp3) is 0.467. The third kappa shape index (κ3) is 6.22. The minimum Gasteiger partial charge on any atom is -0.489 e. The topological polar surface area (TPSA) is 64.6 Å². The molecule has 1 unspecified atom stereocenters. The minimum absolute atomic E-state index is 0.204. The van der Waals surface area contributed by atoms with Crippen LogP contribution < -0.4 is 10.1 Å². The van der Waals surface area contributed by atoms with Gasteiger partial charge in [-0.3, -0.25) is 4.79 Å². The van der Waals surface area contributed by atoms with Crippen LogP contribution in [0.15, 0.2) is 24.3 Å². The first kappa shape index (κ1) is 16.0. The summed E-state index contributed by atoms with van der Waals surface area (Å²) in [5.74, 6) is 0.647. The Balaban J connectivity index is 2.37. The number of rotatable bonds is 5. The van der Waals surface area contributed by atoms with Gasteiger partial charge in [-0.05, 0) is 52.0 Å². The molecule has 1 amide bonds. The first-order valence-corrected chi connectivity index (χ1v) is 6.49. The van der Waals surface area contributed by atoms with Crippen molar-refractivity contribution in [3.05, 3.63) is 29.8 Å². The number of hydrogen-bond acceptors (Lipinski definition) is 4. The monoisotopic (exact) mass is 279 g/mol. The maximum Gasteiger partial charge on any atom is 0.407 e. The molecule has 0 aliphatic carbocycles. The lowest BCUT2D eigenvalue weighted by atomic mass is 10.2. The molecule has 1 atom stereocenters. The zero-order chi connectivity index (χ0) is 15.2. The maximum atomic E-state index is 11.5. The lowest BCUT2D eigenvalue weighted by Gasteiger charge is -2.21. The van der Waals surface area contributed by atoms with Crippen molar-refractivity contribution in [2.24, 2.45) is 0 Å². The van der Waals surface area contributed by atoms with Crippen molar-refractivity contribution in [1.82, 2.24) is 5.32 Å². The molecular weight excluding hydrogens is 258 g/mol. The highest BCUT2D eigenvalue weighted by Crippen LogP contribution is 2.13. The molecule has 20 heavy (non-hydrogen) atoms. The van der Waals surface area contributed by atoms with Gasteiger partial charge in [0.2, 0.25) is 0 Å². The van der Waals surface area contributed by atoms with Crippen molar-refractivity contribution in [3.63, 3.8) is 0 Å². The first-order valence-electron chi connectivity index (χ1n) is 6.49. The van der Waals surface area contributed by atoms with E-state index in [1.54, 1.807) is 45.0 Å². The molecule has 5 heteroatoms. The molecule has 1 rings (SSSR count). The Morgan fingerprint density at radius 3 is 2.40 bits per heavy atom. The predicted molar refractivity (Wildman–Crippen MR) is 76.2 cm³/mol. The van der Waals surface area contributed by atoms with E-state index in [4.69, 9.17) is 9.47 Å². The quantitative estimate of drug-likeness (QED) is 0.842. The Labute approximate surface area is 119 Å². The number of carbonyl (C=O) groups is 2. The summed E-state index contributed by atoms with van der Waals surface area (Å²) in [7, 11) is 0. The van der Waals surface area contributed by atoms with Gasteiger partial charge in [0.25, 0.3) is 0 Å². The normalized spacial score (nSPS) is 12.4. The van der Waals surface area contributed by atoms with Crippen LogP contribution in [0.3, 0.4) is 0 Å². The molecule has 0 fully saturated rings. The standard InChI is InChI=1S/C15H21NO4/c1-11(9-16-14(18)20-15(2,3)4)19-13-7-5-12(10-17)6-8-13/h5-8,10-11H,9H2,1-4H3,(H,16,18). The predicted octanol–water partition coefficient (Wildman–Crippen LogP) is 2.79.